The molecule has 2 N–H and O–H groups in total. The quantitative estimate of drug-likeness (QED) is 0.626. The molecule has 0 fully saturated rings. The highest BCUT2D eigenvalue weighted by atomic mass is 16.5. The minimum Gasteiger partial charge on any atom is -0.478 e. The van der Waals surface area contributed by atoms with Gasteiger partial charge in [-0.15, -0.1) is 0 Å². The lowest BCUT2D eigenvalue weighted by molar-refractivity contribution is 0.0579. The molecule has 1 aromatic carbocycles. The van der Waals surface area contributed by atoms with Gasteiger partial charge in [-0.1, -0.05) is 13.8 Å². The van der Waals surface area contributed by atoms with Crippen LogP contribution >= 0.6 is 0 Å². The molecule has 112 valence electrons. The number of rotatable bonds is 5. The van der Waals surface area contributed by atoms with E-state index in [1.54, 1.807) is 13.8 Å². The van der Waals surface area contributed by atoms with Crippen molar-refractivity contribution in [3.63, 3.8) is 0 Å². The van der Waals surface area contributed by atoms with Gasteiger partial charge >= 0.3 is 17.9 Å². The van der Waals surface area contributed by atoms with E-state index in [1.807, 2.05) is 0 Å². The molecule has 0 radical (unpaired) electrons. The first-order chi connectivity index (χ1) is 9.72. The van der Waals surface area contributed by atoms with Crippen molar-refractivity contribution in [2.75, 3.05) is 7.11 Å². The lowest BCUT2D eigenvalue weighted by Crippen LogP contribution is -2.21. The minimum absolute atomic E-state index is 0.248. The molecule has 0 heterocycles. The summed E-state index contributed by atoms with van der Waals surface area (Å²) in [4.78, 5) is 46.3. The fourth-order valence-corrected chi connectivity index (χ4v) is 1.84. The standard InChI is InChI=1S/C14H14O7/c1-6(2)11(15)7-4-5-8(14(20)21-3)10(13(18)19)9(7)12(16)17/h4-6H,1-3H3,(H,16,17)(H,18,19). The Labute approximate surface area is 120 Å². The van der Waals surface area contributed by atoms with Crippen LogP contribution in [0.1, 0.15) is 55.3 Å². The average Bonchev–Trinajstić information content (AvgIpc) is 2.43. The number of carbonyl (C=O) groups is 4. The van der Waals surface area contributed by atoms with Crippen LogP contribution in [-0.2, 0) is 4.74 Å². The second kappa shape index (κ2) is 6.17. The zero-order valence-corrected chi connectivity index (χ0v) is 11.7. The predicted octanol–water partition coefficient (Wildman–Crippen LogP) is 1.71. The van der Waals surface area contributed by atoms with Crippen LogP contribution in [0.25, 0.3) is 0 Å². The van der Waals surface area contributed by atoms with E-state index < -0.39 is 46.3 Å². The zero-order chi connectivity index (χ0) is 16.3. The van der Waals surface area contributed by atoms with Gasteiger partial charge in [-0.05, 0) is 12.1 Å². The summed E-state index contributed by atoms with van der Waals surface area (Å²) in [5.41, 5.74) is -2.12. The third-order valence-electron chi connectivity index (χ3n) is 2.83. The Morgan fingerprint density at radius 3 is 1.76 bits per heavy atom. The first kappa shape index (κ1) is 16.4. The molecule has 0 amide bonds. The molecular weight excluding hydrogens is 280 g/mol. The number of benzene rings is 1. The van der Waals surface area contributed by atoms with Crippen LogP contribution < -0.4 is 0 Å². The minimum atomic E-state index is -1.62. The van der Waals surface area contributed by atoms with Crippen LogP contribution in [0.5, 0.6) is 0 Å². The third kappa shape index (κ3) is 3.07. The Bertz CT molecular complexity index is 628. The maximum atomic E-state index is 12.0. The van der Waals surface area contributed by atoms with E-state index >= 15 is 0 Å². The number of hydrogen-bond acceptors (Lipinski definition) is 5. The summed E-state index contributed by atoms with van der Waals surface area (Å²) in [6, 6.07) is 2.21. The molecule has 7 heteroatoms. The van der Waals surface area contributed by atoms with Crippen molar-refractivity contribution in [3.05, 3.63) is 34.4 Å². The molecule has 7 nitrogen and oxygen atoms in total. The first-order valence-electron chi connectivity index (χ1n) is 5.98. The number of carboxylic acid groups (broad SMARTS) is 2. The fourth-order valence-electron chi connectivity index (χ4n) is 1.84. The number of ether oxygens (including phenoxy) is 1. The first-order valence-corrected chi connectivity index (χ1v) is 5.98. The highest BCUT2D eigenvalue weighted by Crippen LogP contribution is 2.23. The highest BCUT2D eigenvalue weighted by molar-refractivity contribution is 6.15. The van der Waals surface area contributed by atoms with Gasteiger partial charge in [0, 0.05) is 11.5 Å². The van der Waals surface area contributed by atoms with Crippen molar-refractivity contribution in [1.82, 2.24) is 0 Å². The van der Waals surface area contributed by atoms with Crippen molar-refractivity contribution >= 4 is 23.7 Å². The molecule has 21 heavy (non-hydrogen) atoms. The van der Waals surface area contributed by atoms with Crippen molar-refractivity contribution in [3.8, 4) is 0 Å². The number of carboxylic acids is 2. The van der Waals surface area contributed by atoms with Gasteiger partial charge in [0.25, 0.3) is 0 Å². The topological polar surface area (TPSA) is 118 Å². The lowest BCUT2D eigenvalue weighted by atomic mass is 9.90. The zero-order valence-electron chi connectivity index (χ0n) is 11.7. The summed E-state index contributed by atoms with van der Waals surface area (Å²) in [5.74, 6) is -5.24. The van der Waals surface area contributed by atoms with Gasteiger partial charge in [-0.25, -0.2) is 14.4 Å². The van der Waals surface area contributed by atoms with Gasteiger partial charge in [-0.3, -0.25) is 4.79 Å². The second-order valence-electron chi connectivity index (χ2n) is 4.53. The van der Waals surface area contributed by atoms with E-state index in [4.69, 9.17) is 0 Å². The van der Waals surface area contributed by atoms with Crippen molar-refractivity contribution in [2.45, 2.75) is 13.8 Å². The van der Waals surface area contributed by atoms with Gasteiger partial charge < -0.3 is 14.9 Å². The molecule has 0 aliphatic heterocycles. The molecule has 0 spiro atoms. The number of aromatic carboxylic acids is 2. The van der Waals surface area contributed by atoms with E-state index in [0.717, 1.165) is 19.2 Å². The summed E-state index contributed by atoms with van der Waals surface area (Å²) in [6.07, 6.45) is 0. The molecule has 0 atom stereocenters. The van der Waals surface area contributed by atoms with Crippen LogP contribution in [0.3, 0.4) is 0 Å². The van der Waals surface area contributed by atoms with Gasteiger partial charge in [0.15, 0.2) is 5.78 Å². The molecule has 0 aliphatic carbocycles. The number of ketones is 1. The molecular formula is C14H14O7. The SMILES string of the molecule is COC(=O)c1ccc(C(=O)C(C)C)c(C(=O)O)c1C(=O)O. The average molecular weight is 294 g/mol. The number of methoxy groups -OCH3 is 1. The number of carbonyl (C=O) groups excluding carboxylic acids is 2. The summed E-state index contributed by atoms with van der Waals surface area (Å²) >= 11 is 0. The van der Waals surface area contributed by atoms with Gasteiger partial charge in [0.05, 0.1) is 23.8 Å². The molecule has 0 saturated heterocycles. The molecule has 0 aliphatic rings. The van der Waals surface area contributed by atoms with Crippen molar-refractivity contribution in [1.29, 1.82) is 0 Å². The number of Topliss-reactive ketones (excluding diaryl/α,β-unsaturated/α-hetero) is 1. The Kier molecular flexibility index (Phi) is 4.80. The molecule has 1 aromatic rings. The number of esters is 1. The molecule has 0 aromatic heterocycles. The third-order valence-corrected chi connectivity index (χ3v) is 2.83. The second-order valence-corrected chi connectivity index (χ2v) is 4.53. The van der Waals surface area contributed by atoms with Crippen molar-refractivity contribution in [2.24, 2.45) is 5.92 Å². The Morgan fingerprint density at radius 1 is 0.952 bits per heavy atom. The normalized spacial score (nSPS) is 10.3. The molecule has 0 bridgehead atoms. The summed E-state index contributed by atoms with van der Waals surface area (Å²) in [5, 5.41) is 18.4. The smallest absolute Gasteiger partial charge is 0.338 e. The molecule has 0 unspecified atom stereocenters. The van der Waals surface area contributed by atoms with Gasteiger partial charge in [-0.2, -0.15) is 0 Å². The molecule has 1 rings (SSSR count). The Morgan fingerprint density at radius 2 is 1.38 bits per heavy atom. The van der Waals surface area contributed by atoms with Crippen LogP contribution in [0.15, 0.2) is 12.1 Å². The van der Waals surface area contributed by atoms with Crippen LogP contribution in [0, 0.1) is 5.92 Å². The summed E-state index contributed by atoms with van der Waals surface area (Å²) in [7, 11) is 1.04. The van der Waals surface area contributed by atoms with Gasteiger partial charge in [0.1, 0.15) is 0 Å². The van der Waals surface area contributed by atoms with Crippen LogP contribution in [0.2, 0.25) is 0 Å². The number of hydrogen-bond donors (Lipinski definition) is 2. The fraction of sp³-hybridized carbons (Fsp3) is 0.286. The van der Waals surface area contributed by atoms with Crippen LogP contribution in [0.4, 0.5) is 0 Å². The van der Waals surface area contributed by atoms with Gasteiger partial charge in [0.2, 0.25) is 0 Å². The largest absolute Gasteiger partial charge is 0.478 e. The van der Waals surface area contributed by atoms with E-state index in [-0.39, 0.29) is 5.56 Å². The highest BCUT2D eigenvalue weighted by Gasteiger charge is 2.30. The predicted molar refractivity (Wildman–Crippen MR) is 70.9 cm³/mol. The van der Waals surface area contributed by atoms with E-state index in [0.29, 0.717) is 0 Å². The maximum Gasteiger partial charge on any atom is 0.338 e. The summed E-state index contributed by atoms with van der Waals surface area (Å²) < 4.78 is 4.43. The Balaban J connectivity index is 3.77. The van der Waals surface area contributed by atoms with E-state index in [9.17, 15) is 29.4 Å². The van der Waals surface area contributed by atoms with E-state index in [2.05, 4.69) is 4.74 Å². The van der Waals surface area contributed by atoms with Crippen molar-refractivity contribution < 1.29 is 34.1 Å². The molecule has 0 saturated carbocycles. The Hall–Kier alpha value is -2.70. The monoisotopic (exact) mass is 294 g/mol. The summed E-state index contributed by atoms with van der Waals surface area (Å²) in [6.45, 7) is 3.12. The van der Waals surface area contributed by atoms with Crippen LogP contribution in [-0.4, -0.2) is 41.0 Å². The lowest BCUT2D eigenvalue weighted by Gasteiger charge is -2.13. The maximum absolute atomic E-state index is 12.0. The van der Waals surface area contributed by atoms with E-state index in [1.165, 1.54) is 0 Å².